The lowest BCUT2D eigenvalue weighted by Crippen LogP contribution is -2.50. The Hall–Kier alpha value is -4.22. The van der Waals surface area contributed by atoms with E-state index in [0.29, 0.717) is 39.7 Å². The fourth-order valence-electron chi connectivity index (χ4n) is 5.36. The Morgan fingerprint density at radius 1 is 1.09 bits per heavy atom. The molecule has 0 bridgehead atoms. The second kappa shape index (κ2) is 10.5. The molecule has 1 aromatic heterocycles. The summed E-state index contributed by atoms with van der Waals surface area (Å²) in [7, 11) is 1.64. The average Bonchev–Trinajstić information content (AvgIpc) is 2.95. The van der Waals surface area contributed by atoms with Gasteiger partial charge in [0.1, 0.15) is 23.2 Å². The molecule has 4 aromatic rings. The molecular formula is C32H33F3N4O4. The number of amides is 1. The van der Waals surface area contributed by atoms with Crippen LogP contribution in [0.4, 0.5) is 30.4 Å². The lowest BCUT2D eigenvalue weighted by molar-refractivity contribution is -0.197. The highest BCUT2D eigenvalue weighted by molar-refractivity contribution is 6.05. The Kier molecular flexibility index (Phi) is 7.38. The lowest BCUT2D eigenvalue weighted by atomic mass is 9.89. The quantitative estimate of drug-likeness (QED) is 0.273. The number of fused-ring (bicyclic) bond motifs is 2. The van der Waals surface area contributed by atoms with Gasteiger partial charge in [-0.1, -0.05) is 30.3 Å². The number of aryl methyl sites for hydroxylation is 1. The van der Waals surface area contributed by atoms with E-state index in [2.05, 4.69) is 4.98 Å². The standard InChI is InChI=1S/C32H33F3N4O4/c1-18(21-13-10-14-23(27(21)33)32(34,35)31(5,42)17-40)39(20-11-8-7-9-12-20)28-22-15-25-26(16-24(22)36-19(2)37-28)43-30(3,4)29(41)38(25)6/h7-16,18,40,42H,17H2,1-6H3. The summed E-state index contributed by atoms with van der Waals surface area (Å²) in [6.45, 7) is 6.20. The van der Waals surface area contributed by atoms with Crippen LogP contribution in [0, 0.1) is 12.7 Å². The maximum atomic E-state index is 16.1. The largest absolute Gasteiger partial charge is 0.476 e. The molecule has 1 aliphatic heterocycles. The van der Waals surface area contributed by atoms with Crippen LogP contribution in [0.1, 0.15) is 50.7 Å². The molecule has 3 aromatic carbocycles. The molecule has 0 aliphatic carbocycles. The lowest BCUT2D eigenvalue weighted by Gasteiger charge is -2.37. The van der Waals surface area contributed by atoms with Gasteiger partial charge in [-0.05, 0) is 58.9 Å². The van der Waals surface area contributed by atoms with Gasteiger partial charge in [-0.3, -0.25) is 4.79 Å². The fraction of sp³-hybridized carbons (Fsp3) is 0.344. The molecule has 5 rings (SSSR count). The third-order valence-corrected chi connectivity index (χ3v) is 7.87. The van der Waals surface area contributed by atoms with Crippen LogP contribution in [0.5, 0.6) is 5.75 Å². The minimum atomic E-state index is -4.10. The summed E-state index contributed by atoms with van der Waals surface area (Å²) in [5.41, 5.74) is -3.52. The van der Waals surface area contributed by atoms with E-state index < -0.39 is 41.2 Å². The summed E-state index contributed by atoms with van der Waals surface area (Å²) in [5.74, 6) is -4.35. The van der Waals surface area contributed by atoms with Crippen LogP contribution >= 0.6 is 0 Å². The zero-order chi connectivity index (χ0) is 31.5. The van der Waals surface area contributed by atoms with Crippen molar-refractivity contribution >= 4 is 34.0 Å². The summed E-state index contributed by atoms with van der Waals surface area (Å²) >= 11 is 0. The van der Waals surface area contributed by atoms with Gasteiger partial charge in [0.05, 0.1) is 29.4 Å². The predicted molar refractivity (Wildman–Crippen MR) is 157 cm³/mol. The van der Waals surface area contributed by atoms with Crippen LogP contribution in [-0.4, -0.2) is 50.9 Å². The number of anilines is 3. The molecule has 11 heteroatoms. The van der Waals surface area contributed by atoms with E-state index >= 15 is 13.2 Å². The van der Waals surface area contributed by atoms with Crippen molar-refractivity contribution in [3.8, 4) is 5.75 Å². The third-order valence-electron chi connectivity index (χ3n) is 7.87. The van der Waals surface area contributed by atoms with Gasteiger partial charge >= 0.3 is 5.92 Å². The van der Waals surface area contributed by atoms with Gasteiger partial charge in [0.15, 0.2) is 11.2 Å². The molecule has 226 valence electrons. The van der Waals surface area contributed by atoms with Crippen LogP contribution in [0.3, 0.4) is 0 Å². The number of nitrogens with zero attached hydrogens (tertiary/aromatic N) is 4. The summed E-state index contributed by atoms with van der Waals surface area (Å²) in [6, 6.07) is 15.1. The molecular weight excluding hydrogens is 561 g/mol. The molecule has 8 nitrogen and oxygen atoms in total. The van der Waals surface area contributed by atoms with E-state index in [0.717, 1.165) is 13.0 Å². The van der Waals surface area contributed by atoms with Crippen LogP contribution in [-0.2, 0) is 10.7 Å². The Labute approximate surface area is 247 Å². The van der Waals surface area contributed by atoms with Gasteiger partial charge in [-0.2, -0.15) is 8.78 Å². The smallest absolute Gasteiger partial charge is 0.306 e. The minimum absolute atomic E-state index is 0.0884. The van der Waals surface area contributed by atoms with E-state index in [9.17, 15) is 15.0 Å². The van der Waals surface area contributed by atoms with Crippen molar-refractivity contribution in [2.24, 2.45) is 0 Å². The van der Waals surface area contributed by atoms with Crippen LogP contribution < -0.4 is 14.5 Å². The topological polar surface area (TPSA) is 99.0 Å². The molecule has 2 atom stereocenters. The van der Waals surface area contributed by atoms with Crippen molar-refractivity contribution in [1.29, 1.82) is 0 Å². The summed E-state index contributed by atoms with van der Waals surface area (Å²) in [4.78, 5) is 25.5. The number of aromatic nitrogens is 2. The highest BCUT2D eigenvalue weighted by Gasteiger charge is 2.52. The number of hydrogen-bond donors (Lipinski definition) is 2. The fourth-order valence-corrected chi connectivity index (χ4v) is 5.36. The maximum absolute atomic E-state index is 16.1. The summed E-state index contributed by atoms with van der Waals surface area (Å²) in [5, 5.41) is 20.1. The van der Waals surface area contributed by atoms with Gasteiger partial charge in [-0.15, -0.1) is 0 Å². The summed E-state index contributed by atoms with van der Waals surface area (Å²) < 4.78 is 52.7. The third kappa shape index (κ3) is 4.96. The van der Waals surface area contributed by atoms with E-state index in [-0.39, 0.29) is 11.5 Å². The SMILES string of the molecule is Cc1nc(N(c2ccccc2)C(C)c2cccc(C(F)(F)C(C)(O)CO)c2F)c2cc3c(cc2n1)OC(C)(C)C(=O)N3C. The number of carbonyl (C=O) groups is 1. The molecule has 0 saturated carbocycles. The van der Waals surface area contributed by atoms with Crippen molar-refractivity contribution < 1.29 is 32.9 Å². The van der Waals surface area contributed by atoms with Crippen molar-refractivity contribution in [1.82, 2.24) is 9.97 Å². The molecule has 2 unspecified atom stereocenters. The van der Waals surface area contributed by atoms with Gasteiger partial charge in [0, 0.05) is 29.8 Å². The van der Waals surface area contributed by atoms with Gasteiger partial charge in [0.2, 0.25) is 0 Å². The van der Waals surface area contributed by atoms with Gasteiger partial charge in [-0.25, -0.2) is 14.4 Å². The summed E-state index contributed by atoms with van der Waals surface area (Å²) in [6.07, 6.45) is 0. The highest BCUT2D eigenvalue weighted by Crippen LogP contribution is 2.46. The zero-order valence-electron chi connectivity index (χ0n) is 24.7. The molecule has 1 amide bonds. The van der Waals surface area contributed by atoms with Crippen molar-refractivity contribution in [3.63, 3.8) is 0 Å². The second-order valence-corrected chi connectivity index (χ2v) is 11.5. The molecule has 1 aliphatic rings. The Bertz CT molecular complexity index is 1710. The normalized spacial score (nSPS) is 16.8. The molecule has 2 N–H and O–H groups in total. The van der Waals surface area contributed by atoms with E-state index in [1.165, 1.54) is 17.0 Å². The Balaban J connectivity index is 1.74. The number of hydrogen-bond acceptors (Lipinski definition) is 7. The number of aliphatic hydroxyl groups excluding tert-OH is 1. The number of alkyl halides is 2. The monoisotopic (exact) mass is 594 g/mol. The van der Waals surface area contributed by atoms with Crippen LogP contribution in [0.2, 0.25) is 0 Å². The minimum Gasteiger partial charge on any atom is -0.476 e. The first-order chi connectivity index (χ1) is 20.1. The molecule has 0 spiro atoms. The van der Waals surface area contributed by atoms with E-state index in [4.69, 9.17) is 9.72 Å². The number of rotatable bonds is 7. The number of aliphatic hydroxyl groups is 2. The van der Waals surface area contributed by atoms with Crippen molar-refractivity contribution in [3.05, 3.63) is 83.4 Å². The number of benzene rings is 3. The number of likely N-dealkylation sites (N-methyl/N-ethyl adjacent to an activating group) is 1. The van der Waals surface area contributed by atoms with Crippen LogP contribution in [0.25, 0.3) is 10.9 Å². The number of halogens is 3. The Morgan fingerprint density at radius 2 is 1.77 bits per heavy atom. The number of ether oxygens (including phenoxy) is 1. The highest BCUT2D eigenvalue weighted by atomic mass is 19.3. The number of para-hydroxylation sites is 1. The molecule has 0 fully saturated rings. The average molecular weight is 595 g/mol. The maximum Gasteiger partial charge on any atom is 0.306 e. The molecule has 0 saturated heterocycles. The molecule has 0 radical (unpaired) electrons. The first-order valence-corrected chi connectivity index (χ1v) is 13.7. The van der Waals surface area contributed by atoms with Crippen molar-refractivity contribution in [2.45, 2.75) is 57.8 Å². The number of carbonyl (C=O) groups excluding carboxylic acids is 1. The second-order valence-electron chi connectivity index (χ2n) is 11.5. The zero-order valence-corrected chi connectivity index (χ0v) is 24.7. The van der Waals surface area contributed by atoms with E-state index in [1.54, 1.807) is 76.0 Å². The molecule has 2 heterocycles. The van der Waals surface area contributed by atoms with Crippen molar-refractivity contribution in [2.75, 3.05) is 23.5 Å². The van der Waals surface area contributed by atoms with Gasteiger partial charge < -0.3 is 24.7 Å². The first-order valence-electron chi connectivity index (χ1n) is 13.7. The molecule has 43 heavy (non-hydrogen) atoms. The van der Waals surface area contributed by atoms with E-state index in [1.807, 2.05) is 6.07 Å². The Morgan fingerprint density at radius 3 is 2.42 bits per heavy atom. The first kappa shape index (κ1) is 30.2. The predicted octanol–water partition coefficient (Wildman–Crippen LogP) is 5.95. The van der Waals surface area contributed by atoms with Crippen LogP contribution in [0.15, 0.2) is 60.7 Å². The van der Waals surface area contributed by atoms with Gasteiger partial charge in [0.25, 0.3) is 5.91 Å².